The van der Waals surface area contributed by atoms with Crippen LogP contribution in [0.3, 0.4) is 0 Å². The summed E-state index contributed by atoms with van der Waals surface area (Å²) < 4.78 is 0. The normalized spacial score (nSPS) is 10.2. The van der Waals surface area contributed by atoms with E-state index in [1.54, 1.807) is 4.90 Å². The molecule has 1 radical (unpaired) electrons. The van der Waals surface area contributed by atoms with Gasteiger partial charge in [0, 0.05) is 20.0 Å². The highest BCUT2D eigenvalue weighted by Gasteiger charge is 2.04. The molecule has 0 spiro atoms. The van der Waals surface area contributed by atoms with E-state index in [1.165, 1.54) is 25.7 Å². The molecule has 0 N–H and O–H groups in total. The third-order valence-corrected chi connectivity index (χ3v) is 2.54. The summed E-state index contributed by atoms with van der Waals surface area (Å²) in [5, 5.41) is 0. The van der Waals surface area contributed by atoms with Crippen LogP contribution >= 0.6 is 0 Å². The van der Waals surface area contributed by atoms with Gasteiger partial charge in [0.25, 0.3) is 0 Å². The Kier molecular flexibility index (Phi) is 8.70. The quantitative estimate of drug-likeness (QED) is 0.549. The molecule has 14 heavy (non-hydrogen) atoms. The molecule has 0 aromatic carbocycles. The second-order valence-corrected chi connectivity index (χ2v) is 3.78. The van der Waals surface area contributed by atoms with Gasteiger partial charge in [-0.25, -0.2) is 0 Å². The van der Waals surface area contributed by atoms with Crippen LogP contribution in [0.4, 0.5) is 0 Å². The molecule has 0 saturated heterocycles. The van der Waals surface area contributed by atoms with E-state index in [4.69, 9.17) is 0 Å². The molecule has 0 aromatic heterocycles. The number of nitrogens with zero attached hydrogens (tertiary/aromatic N) is 1. The minimum atomic E-state index is 0.282. The van der Waals surface area contributed by atoms with Crippen molar-refractivity contribution in [3.05, 3.63) is 6.92 Å². The highest BCUT2D eigenvalue weighted by atomic mass is 16.2. The van der Waals surface area contributed by atoms with E-state index in [2.05, 4.69) is 6.92 Å². The van der Waals surface area contributed by atoms with Gasteiger partial charge < -0.3 is 4.90 Å². The van der Waals surface area contributed by atoms with E-state index in [0.29, 0.717) is 6.42 Å². The molecule has 0 atom stereocenters. The molecule has 0 aliphatic rings. The number of carbonyl (C=O) groups excluding carboxylic acids is 1. The molecule has 2 nitrogen and oxygen atoms in total. The van der Waals surface area contributed by atoms with Crippen LogP contribution in [0, 0.1) is 6.92 Å². The molecule has 0 fully saturated rings. The molecule has 0 unspecified atom stereocenters. The SMILES string of the molecule is [CH2]CCCCCCCC(=O)N(C)CC. The molecule has 83 valence electrons. The molecule has 0 bridgehead atoms. The van der Waals surface area contributed by atoms with Gasteiger partial charge in [-0.05, 0) is 13.3 Å². The van der Waals surface area contributed by atoms with E-state index in [-0.39, 0.29) is 5.91 Å². The zero-order valence-electron chi connectivity index (χ0n) is 9.72. The van der Waals surface area contributed by atoms with Gasteiger partial charge in [0.1, 0.15) is 0 Å². The summed E-state index contributed by atoms with van der Waals surface area (Å²) >= 11 is 0. The van der Waals surface area contributed by atoms with Gasteiger partial charge in [-0.3, -0.25) is 4.79 Å². The Balaban J connectivity index is 3.23. The van der Waals surface area contributed by atoms with Crippen LogP contribution in [0.15, 0.2) is 0 Å². The van der Waals surface area contributed by atoms with Crippen molar-refractivity contribution in [2.24, 2.45) is 0 Å². The standard InChI is InChI=1S/C12H24NO/c1-4-6-7-8-9-10-11-12(14)13(3)5-2/h1,4-11H2,2-3H3. The average molecular weight is 198 g/mol. The van der Waals surface area contributed by atoms with Gasteiger partial charge in [-0.1, -0.05) is 39.0 Å². The summed E-state index contributed by atoms with van der Waals surface area (Å²) in [5.41, 5.74) is 0. The maximum Gasteiger partial charge on any atom is 0.222 e. The largest absolute Gasteiger partial charge is 0.346 e. The molecule has 0 rings (SSSR count). The van der Waals surface area contributed by atoms with Crippen molar-refractivity contribution in [3.63, 3.8) is 0 Å². The highest BCUT2D eigenvalue weighted by molar-refractivity contribution is 5.75. The molecule has 0 aliphatic carbocycles. The molecule has 0 aromatic rings. The number of amides is 1. The van der Waals surface area contributed by atoms with Crippen LogP contribution in [0.25, 0.3) is 0 Å². The molecule has 0 aliphatic heterocycles. The van der Waals surface area contributed by atoms with Crippen LogP contribution in [-0.2, 0) is 4.79 Å². The molecule has 2 heteroatoms. The zero-order valence-corrected chi connectivity index (χ0v) is 9.72. The summed E-state index contributed by atoms with van der Waals surface area (Å²) in [6, 6.07) is 0. The Labute approximate surface area is 88.7 Å². The fourth-order valence-corrected chi connectivity index (χ4v) is 1.35. The second-order valence-electron chi connectivity index (χ2n) is 3.78. The molecular formula is C12H24NO. The summed E-state index contributed by atoms with van der Waals surface area (Å²) in [6.07, 6.45) is 7.72. The van der Waals surface area contributed by atoms with Crippen molar-refractivity contribution in [2.75, 3.05) is 13.6 Å². The van der Waals surface area contributed by atoms with Gasteiger partial charge in [-0.2, -0.15) is 0 Å². The maximum atomic E-state index is 11.4. The highest BCUT2D eigenvalue weighted by Crippen LogP contribution is 2.07. The van der Waals surface area contributed by atoms with Crippen LogP contribution < -0.4 is 0 Å². The van der Waals surface area contributed by atoms with E-state index in [9.17, 15) is 4.79 Å². The van der Waals surface area contributed by atoms with Gasteiger partial charge >= 0.3 is 0 Å². The lowest BCUT2D eigenvalue weighted by atomic mass is 10.1. The first-order chi connectivity index (χ1) is 6.72. The lowest BCUT2D eigenvalue weighted by Gasteiger charge is -2.13. The Morgan fingerprint density at radius 2 is 1.71 bits per heavy atom. The van der Waals surface area contributed by atoms with Crippen molar-refractivity contribution < 1.29 is 4.79 Å². The Morgan fingerprint density at radius 1 is 1.14 bits per heavy atom. The summed E-state index contributed by atoms with van der Waals surface area (Å²) in [6.45, 7) is 6.63. The fourth-order valence-electron chi connectivity index (χ4n) is 1.35. The molecule has 0 saturated carbocycles. The van der Waals surface area contributed by atoms with E-state index in [0.717, 1.165) is 19.4 Å². The average Bonchev–Trinajstić information content (AvgIpc) is 2.21. The molecular weight excluding hydrogens is 174 g/mol. The molecule has 0 heterocycles. The lowest BCUT2D eigenvalue weighted by Crippen LogP contribution is -2.25. The third kappa shape index (κ3) is 6.93. The Bertz CT molecular complexity index is 145. The van der Waals surface area contributed by atoms with Crippen molar-refractivity contribution in [3.8, 4) is 0 Å². The smallest absolute Gasteiger partial charge is 0.222 e. The predicted molar refractivity (Wildman–Crippen MR) is 61.0 cm³/mol. The minimum absolute atomic E-state index is 0.282. The predicted octanol–water partition coefficient (Wildman–Crippen LogP) is 3.03. The first-order valence-corrected chi connectivity index (χ1v) is 5.75. The maximum absolute atomic E-state index is 11.4. The van der Waals surface area contributed by atoms with E-state index >= 15 is 0 Å². The van der Waals surface area contributed by atoms with Crippen LogP contribution in [0.5, 0.6) is 0 Å². The lowest BCUT2D eigenvalue weighted by molar-refractivity contribution is -0.129. The fraction of sp³-hybridized carbons (Fsp3) is 0.833. The van der Waals surface area contributed by atoms with Gasteiger partial charge in [0.2, 0.25) is 5.91 Å². The van der Waals surface area contributed by atoms with Gasteiger partial charge in [-0.15, -0.1) is 0 Å². The summed E-state index contributed by atoms with van der Waals surface area (Å²) in [4.78, 5) is 13.2. The van der Waals surface area contributed by atoms with E-state index in [1.807, 2.05) is 14.0 Å². The minimum Gasteiger partial charge on any atom is -0.346 e. The topological polar surface area (TPSA) is 20.3 Å². The third-order valence-electron chi connectivity index (χ3n) is 2.54. The Morgan fingerprint density at radius 3 is 2.29 bits per heavy atom. The van der Waals surface area contributed by atoms with Crippen molar-refractivity contribution in [2.45, 2.75) is 51.9 Å². The van der Waals surface area contributed by atoms with Crippen LogP contribution in [0.1, 0.15) is 51.9 Å². The summed E-state index contributed by atoms with van der Waals surface area (Å²) in [5.74, 6) is 0.282. The number of rotatable bonds is 8. The van der Waals surface area contributed by atoms with Crippen LogP contribution in [-0.4, -0.2) is 24.4 Å². The van der Waals surface area contributed by atoms with Crippen LogP contribution in [0.2, 0.25) is 0 Å². The van der Waals surface area contributed by atoms with Gasteiger partial charge in [0.05, 0.1) is 0 Å². The van der Waals surface area contributed by atoms with Crippen molar-refractivity contribution >= 4 is 5.91 Å². The zero-order chi connectivity index (χ0) is 10.8. The Hall–Kier alpha value is -0.530. The number of hydrogen-bond acceptors (Lipinski definition) is 1. The number of unbranched alkanes of at least 4 members (excludes halogenated alkanes) is 5. The molecule has 1 amide bonds. The van der Waals surface area contributed by atoms with Crippen molar-refractivity contribution in [1.82, 2.24) is 4.90 Å². The van der Waals surface area contributed by atoms with E-state index < -0.39 is 0 Å². The number of carbonyl (C=O) groups is 1. The van der Waals surface area contributed by atoms with Crippen molar-refractivity contribution in [1.29, 1.82) is 0 Å². The number of hydrogen-bond donors (Lipinski definition) is 0. The summed E-state index contributed by atoms with van der Waals surface area (Å²) in [7, 11) is 1.87. The monoisotopic (exact) mass is 198 g/mol. The second kappa shape index (κ2) is 9.04. The van der Waals surface area contributed by atoms with Gasteiger partial charge in [0.15, 0.2) is 0 Å². The first-order valence-electron chi connectivity index (χ1n) is 5.75. The first kappa shape index (κ1) is 13.5.